The molecule has 2 aromatic rings. The van der Waals surface area contributed by atoms with E-state index in [2.05, 4.69) is 14.8 Å². The molecule has 0 bridgehead atoms. The quantitative estimate of drug-likeness (QED) is 0.764. The summed E-state index contributed by atoms with van der Waals surface area (Å²) in [6.07, 6.45) is 5.46. The van der Waals surface area contributed by atoms with Crippen LogP contribution in [0.1, 0.15) is 24.8 Å². The Kier molecular flexibility index (Phi) is 5.77. The van der Waals surface area contributed by atoms with Crippen LogP contribution in [0, 0.1) is 0 Å². The zero-order valence-electron chi connectivity index (χ0n) is 16.1. The van der Waals surface area contributed by atoms with E-state index in [1.807, 2.05) is 42.6 Å². The Bertz CT molecular complexity index is 876. The minimum absolute atomic E-state index is 0.0560. The minimum atomic E-state index is -3.30. The molecule has 2 fully saturated rings. The maximum Gasteiger partial charge on any atom is 0.227 e. The van der Waals surface area contributed by atoms with Crippen LogP contribution in [-0.2, 0) is 15.8 Å². The molecule has 0 radical (unpaired) electrons. The van der Waals surface area contributed by atoms with Crippen LogP contribution in [0.3, 0.4) is 0 Å². The number of hydrogen-bond donors (Lipinski definition) is 0. The lowest BCUT2D eigenvalue weighted by Crippen LogP contribution is -2.49. The molecule has 0 atom stereocenters. The smallest absolute Gasteiger partial charge is 0.227 e. The van der Waals surface area contributed by atoms with E-state index < -0.39 is 10.0 Å². The average Bonchev–Trinajstić information content (AvgIpc) is 2.75. The number of benzene rings is 1. The highest BCUT2D eigenvalue weighted by molar-refractivity contribution is 7.88. The maximum absolute atomic E-state index is 12.7. The van der Waals surface area contributed by atoms with Gasteiger partial charge in [0.15, 0.2) is 0 Å². The Morgan fingerprint density at radius 2 is 1.54 bits per heavy atom. The lowest BCUT2D eigenvalue weighted by atomic mass is 10.1. The second-order valence-electron chi connectivity index (χ2n) is 7.39. The molecule has 4 rings (SSSR count). The van der Waals surface area contributed by atoms with Crippen LogP contribution in [0.2, 0.25) is 0 Å². The molecule has 28 heavy (non-hydrogen) atoms. The van der Waals surface area contributed by atoms with Gasteiger partial charge in [-0.3, -0.25) is 0 Å². The first-order chi connectivity index (χ1) is 13.6. The molecule has 8 heteroatoms. The van der Waals surface area contributed by atoms with Crippen LogP contribution in [0.25, 0.3) is 0 Å². The molecule has 0 N–H and O–H groups in total. The van der Waals surface area contributed by atoms with Crippen molar-refractivity contribution < 1.29 is 8.42 Å². The van der Waals surface area contributed by atoms with E-state index in [0.717, 1.165) is 30.4 Å². The number of piperazine rings is 1. The van der Waals surface area contributed by atoms with Gasteiger partial charge in [-0.1, -0.05) is 30.3 Å². The molecule has 3 heterocycles. The summed E-state index contributed by atoms with van der Waals surface area (Å²) in [5.74, 6) is 1.73. The lowest BCUT2D eigenvalue weighted by Gasteiger charge is -2.35. The fraction of sp³-hybridized carbons (Fsp3) is 0.500. The molecule has 1 aromatic carbocycles. The van der Waals surface area contributed by atoms with Crippen molar-refractivity contribution in [3.8, 4) is 0 Å². The van der Waals surface area contributed by atoms with Gasteiger partial charge in [0.1, 0.15) is 5.82 Å². The average molecular weight is 402 g/mol. The van der Waals surface area contributed by atoms with Gasteiger partial charge in [-0.05, 0) is 30.9 Å². The zero-order valence-corrected chi connectivity index (χ0v) is 16.9. The number of piperidine rings is 1. The first-order valence-electron chi connectivity index (χ1n) is 9.96. The van der Waals surface area contributed by atoms with Crippen LogP contribution in [0.4, 0.5) is 11.8 Å². The third-order valence-electron chi connectivity index (χ3n) is 5.41. The van der Waals surface area contributed by atoms with E-state index in [4.69, 9.17) is 4.98 Å². The zero-order chi connectivity index (χ0) is 19.4. The number of hydrogen-bond acceptors (Lipinski definition) is 6. The highest BCUT2D eigenvalue weighted by Gasteiger charge is 2.28. The summed E-state index contributed by atoms with van der Waals surface area (Å²) in [4.78, 5) is 13.6. The molecule has 0 unspecified atom stereocenters. The van der Waals surface area contributed by atoms with Crippen LogP contribution in [-0.4, -0.2) is 62.0 Å². The second kappa shape index (κ2) is 8.45. The van der Waals surface area contributed by atoms with Crippen molar-refractivity contribution >= 4 is 21.8 Å². The molecule has 0 aliphatic carbocycles. The van der Waals surface area contributed by atoms with E-state index in [0.29, 0.717) is 26.2 Å². The number of anilines is 2. The topological polar surface area (TPSA) is 69.6 Å². The van der Waals surface area contributed by atoms with Crippen LogP contribution >= 0.6 is 0 Å². The van der Waals surface area contributed by atoms with Crippen molar-refractivity contribution in [1.82, 2.24) is 14.3 Å². The van der Waals surface area contributed by atoms with E-state index in [9.17, 15) is 8.42 Å². The van der Waals surface area contributed by atoms with Gasteiger partial charge in [0.2, 0.25) is 16.0 Å². The molecule has 150 valence electrons. The van der Waals surface area contributed by atoms with Crippen molar-refractivity contribution in [2.45, 2.75) is 25.0 Å². The Balaban J connectivity index is 1.39. The molecule has 0 saturated carbocycles. The van der Waals surface area contributed by atoms with Crippen molar-refractivity contribution in [3.05, 3.63) is 48.2 Å². The van der Waals surface area contributed by atoms with Gasteiger partial charge in [-0.15, -0.1) is 0 Å². The Morgan fingerprint density at radius 1 is 0.821 bits per heavy atom. The first-order valence-corrected chi connectivity index (χ1v) is 11.6. The minimum Gasteiger partial charge on any atom is -0.354 e. The van der Waals surface area contributed by atoms with Gasteiger partial charge in [-0.25, -0.2) is 13.4 Å². The Morgan fingerprint density at radius 3 is 2.25 bits per heavy atom. The van der Waals surface area contributed by atoms with Crippen molar-refractivity contribution in [3.63, 3.8) is 0 Å². The molecule has 2 saturated heterocycles. The summed E-state index contributed by atoms with van der Waals surface area (Å²) < 4.78 is 27.1. The summed E-state index contributed by atoms with van der Waals surface area (Å²) in [7, 11) is -3.30. The van der Waals surface area contributed by atoms with Crippen molar-refractivity contribution in [1.29, 1.82) is 0 Å². The monoisotopic (exact) mass is 401 g/mol. The maximum atomic E-state index is 12.7. The Hall–Kier alpha value is -2.19. The molecular formula is C20H27N5O2S. The van der Waals surface area contributed by atoms with Gasteiger partial charge in [0.05, 0.1) is 5.75 Å². The first kappa shape index (κ1) is 19.1. The largest absolute Gasteiger partial charge is 0.354 e. The van der Waals surface area contributed by atoms with Gasteiger partial charge in [0, 0.05) is 45.5 Å². The normalized spacial score (nSPS) is 19.0. The van der Waals surface area contributed by atoms with Crippen molar-refractivity contribution in [2.75, 3.05) is 49.1 Å². The van der Waals surface area contributed by atoms with Crippen LogP contribution in [0.5, 0.6) is 0 Å². The van der Waals surface area contributed by atoms with Gasteiger partial charge < -0.3 is 9.80 Å². The highest BCUT2D eigenvalue weighted by atomic mass is 32.2. The van der Waals surface area contributed by atoms with E-state index in [1.54, 1.807) is 4.31 Å². The van der Waals surface area contributed by atoms with Gasteiger partial charge in [-0.2, -0.15) is 9.29 Å². The summed E-state index contributed by atoms with van der Waals surface area (Å²) in [5.41, 5.74) is 0.826. The number of aromatic nitrogens is 2. The van der Waals surface area contributed by atoms with E-state index >= 15 is 0 Å². The summed E-state index contributed by atoms with van der Waals surface area (Å²) in [5, 5.41) is 0. The molecule has 1 aromatic heterocycles. The molecule has 0 amide bonds. The lowest BCUT2D eigenvalue weighted by molar-refractivity contribution is 0.383. The van der Waals surface area contributed by atoms with E-state index in [1.165, 1.54) is 19.3 Å². The third kappa shape index (κ3) is 4.44. The predicted octanol–water partition coefficient (Wildman–Crippen LogP) is 2.12. The second-order valence-corrected chi connectivity index (χ2v) is 9.36. The molecule has 2 aliphatic rings. The summed E-state index contributed by atoms with van der Waals surface area (Å²) in [6, 6.07) is 11.3. The summed E-state index contributed by atoms with van der Waals surface area (Å²) in [6.45, 7) is 4.27. The standard InChI is InChI=1S/C20H27N5O2S/c26-28(27,17-18-7-3-1-4-8-18)25-15-13-23(14-16-25)19-9-10-21-20(22-19)24-11-5-2-6-12-24/h1,3-4,7-10H,2,5-6,11-17H2. The van der Waals surface area contributed by atoms with Crippen molar-refractivity contribution in [2.24, 2.45) is 0 Å². The molecule has 0 spiro atoms. The number of rotatable bonds is 5. The van der Waals surface area contributed by atoms with Crippen LogP contribution in [0.15, 0.2) is 42.6 Å². The fourth-order valence-corrected chi connectivity index (χ4v) is 5.35. The number of sulfonamides is 1. The third-order valence-corrected chi connectivity index (χ3v) is 7.27. The molecule has 7 nitrogen and oxygen atoms in total. The molecule has 2 aliphatic heterocycles. The predicted molar refractivity (Wildman–Crippen MR) is 111 cm³/mol. The SMILES string of the molecule is O=S(=O)(Cc1ccccc1)N1CCN(c2ccnc(N3CCCCC3)n2)CC1. The van der Waals surface area contributed by atoms with E-state index in [-0.39, 0.29) is 5.75 Å². The summed E-state index contributed by atoms with van der Waals surface area (Å²) >= 11 is 0. The molecular weight excluding hydrogens is 374 g/mol. The Labute approximate surface area is 167 Å². The van der Waals surface area contributed by atoms with Gasteiger partial charge in [0.25, 0.3) is 0 Å². The van der Waals surface area contributed by atoms with Gasteiger partial charge >= 0.3 is 0 Å². The van der Waals surface area contributed by atoms with Crippen LogP contribution < -0.4 is 9.80 Å². The highest BCUT2D eigenvalue weighted by Crippen LogP contribution is 2.21. The number of nitrogens with zero attached hydrogens (tertiary/aromatic N) is 5. The fourth-order valence-electron chi connectivity index (χ4n) is 3.83.